The Balaban J connectivity index is 2.07. The molecule has 4 nitrogen and oxygen atoms in total. The summed E-state index contributed by atoms with van der Waals surface area (Å²) in [5.41, 5.74) is 0.810. The molecule has 3 rings (SSSR count). The number of aromatic nitrogens is 1. The van der Waals surface area contributed by atoms with Crippen molar-refractivity contribution in [3.05, 3.63) is 70.4 Å². The minimum absolute atomic E-state index is 0.0634. The summed E-state index contributed by atoms with van der Waals surface area (Å²) >= 11 is 6.16. The molecular weight excluding hydrogens is 290 g/mol. The molecule has 1 N–H and O–H groups in total. The number of fused-ring (bicyclic) bond motifs is 1. The molecule has 21 heavy (non-hydrogen) atoms. The van der Waals surface area contributed by atoms with E-state index in [1.165, 1.54) is 0 Å². The van der Waals surface area contributed by atoms with E-state index in [0.29, 0.717) is 10.9 Å². The van der Waals surface area contributed by atoms with E-state index in [1.54, 1.807) is 54.6 Å². The van der Waals surface area contributed by atoms with E-state index in [9.17, 15) is 9.90 Å². The smallest absolute Gasteiger partial charge is 0.347 e. The van der Waals surface area contributed by atoms with Crippen LogP contribution in [0, 0.1) is 0 Å². The van der Waals surface area contributed by atoms with E-state index >= 15 is 0 Å². The molecule has 0 bridgehead atoms. The molecule has 0 aliphatic carbocycles. The minimum Gasteiger partial charge on any atom is -0.508 e. The fraction of sp³-hybridized carbons (Fsp3) is 0. The van der Waals surface area contributed by atoms with Crippen molar-refractivity contribution in [1.82, 2.24) is 4.98 Å². The Bertz CT molecular complexity index is 882. The van der Waals surface area contributed by atoms with Gasteiger partial charge in [-0.05, 0) is 35.9 Å². The van der Waals surface area contributed by atoms with Gasteiger partial charge in [0.25, 0.3) is 0 Å². The average molecular weight is 300 g/mol. The lowest BCUT2D eigenvalue weighted by atomic mass is 10.2. The summed E-state index contributed by atoms with van der Waals surface area (Å²) in [6.07, 6.45) is 1.61. The predicted octanol–water partition coefficient (Wildman–Crippen LogP) is 3.63. The van der Waals surface area contributed by atoms with Gasteiger partial charge in [-0.25, -0.2) is 9.78 Å². The Morgan fingerprint density at radius 2 is 1.86 bits per heavy atom. The molecule has 1 heterocycles. The first-order valence-corrected chi connectivity index (χ1v) is 6.58. The second-order valence-corrected chi connectivity index (χ2v) is 4.81. The zero-order chi connectivity index (χ0) is 14.8. The number of phenols is 1. The molecule has 0 fully saturated rings. The zero-order valence-corrected chi connectivity index (χ0v) is 11.5. The van der Waals surface area contributed by atoms with E-state index in [4.69, 9.17) is 16.0 Å². The number of hydrogen-bond donors (Lipinski definition) is 1. The molecule has 0 amide bonds. The molecule has 0 spiro atoms. The molecule has 0 saturated carbocycles. The SMILES string of the molecule is O=c1oc(/C(Cl)=C/c2ccc(O)cc2)nc2ccccc12. The second kappa shape index (κ2) is 5.42. The normalized spacial score (nSPS) is 11.8. The fourth-order valence-corrected chi connectivity index (χ4v) is 2.11. The summed E-state index contributed by atoms with van der Waals surface area (Å²) < 4.78 is 5.13. The number of hydrogen-bond acceptors (Lipinski definition) is 4. The maximum absolute atomic E-state index is 11.9. The van der Waals surface area contributed by atoms with E-state index in [0.717, 1.165) is 5.56 Å². The van der Waals surface area contributed by atoms with Crippen LogP contribution >= 0.6 is 11.6 Å². The summed E-state index contributed by atoms with van der Waals surface area (Å²) in [7, 11) is 0. The first kappa shape index (κ1) is 13.4. The third-order valence-electron chi connectivity index (χ3n) is 2.93. The minimum atomic E-state index is -0.479. The molecule has 104 valence electrons. The van der Waals surface area contributed by atoms with Crippen molar-refractivity contribution in [3.63, 3.8) is 0 Å². The molecule has 3 aromatic rings. The Labute approximate surface area is 124 Å². The van der Waals surface area contributed by atoms with Crippen LogP contribution in [0.5, 0.6) is 5.75 Å². The van der Waals surface area contributed by atoms with Gasteiger partial charge in [0.1, 0.15) is 10.8 Å². The average Bonchev–Trinajstić information content (AvgIpc) is 2.49. The van der Waals surface area contributed by atoms with Gasteiger partial charge in [0.15, 0.2) is 0 Å². The van der Waals surface area contributed by atoms with Crippen molar-refractivity contribution in [2.45, 2.75) is 0 Å². The van der Waals surface area contributed by atoms with Crippen molar-refractivity contribution in [2.24, 2.45) is 0 Å². The number of benzene rings is 2. The molecule has 0 radical (unpaired) electrons. The van der Waals surface area contributed by atoms with E-state index < -0.39 is 5.63 Å². The van der Waals surface area contributed by atoms with Crippen molar-refractivity contribution in [2.75, 3.05) is 0 Å². The molecule has 5 heteroatoms. The molecule has 0 unspecified atom stereocenters. The van der Waals surface area contributed by atoms with Gasteiger partial charge in [-0.2, -0.15) is 0 Å². The van der Waals surface area contributed by atoms with Crippen molar-refractivity contribution >= 4 is 33.6 Å². The van der Waals surface area contributed by atoms with Gasteiger partial charge in [-0.1, -0.05) is 35.9 Å². The molecule has 0 atom stereocenters. The highest BCUT2D eigenvalue weighted by atomic mass is 35.5. The number of phenolic OH excluding ortho intramolecular Hbond substituents is 1. The lowest BCUT2D eigenvalue weighted by Crippen LogP contribution is -2.03. The summed E-state index contributed by atoms with van der Waals surface area (Å²) in [6.45, 7) is 0. The fourth-order valence-electron chi connectivity index (χ4n) is 1.90. The summed E-state index contributed by atoms with van der Waals surface area (Å²) in [6, 6.07) is 13.4. The Morgan fingerprint density at radius 3 is 2.62 bits per heavy atom. The van der Waals surface area contributed by atoms with Crippen LogP contribution in [-0.4, -0.2) is 10.1 Å². The van der Waals surface area contributed by atoms with Crippen LogP contribution in [0.25, 0.3) is 22.0 Å². The van der Waals surface area contributed by atoms with Gasteiger partial charge in [-0.15, -0.1) is 0 Å². The number of halogens is 1. The van der Waals surface area contributed by atoms with Gasteiger partial charge in [0, 0.05) is 0 Å². The van der Waals surface area contributed by atoms with Crippen LogP contribution in [0.2, 0.25) is 0 Å². The van der Waals surface area contributed by atoms with Crippen LogP contribution in [0.15, 0.2) is 57.7 Å². The van der Waals surface area contributed by atoms with Crippen LogP contribution in [0.4, 0.5) is 0 Å². The predicted molar refractivity (Wildman–Crippen MR) is 82.1 cm³/mol. The highest BCUT2D eigenvalue weighted by molar-refractivity contribution is 6.50. The molecule has 0 aliphatic heterocycles. The first-order valence-electron chi connectivity index (χ1n) is 6.20. The number of rotatable bonds is 2. The Hall–Kier alpha value is -2.59. The monoisotopic (exact) mass is 299 g/mol. The van der Waals surface area contributed by atoms with Crippen LogP contribution in [0.3, 0.4) is 0 Å². The third kappa shape index (κ3) is 2.80. The van der Waals surface area contributed by atoms with Gasteiger partial charge in [0.2, 0.25) is 5.89 Å². The Kier molecular flexibility index (Phi) is 3.46. The van der Waals surface area contributed by atoms with Crippen LogP contribution in [0.1, 0.15) is 11.5 Å². The standard InChI is InChI=1S/C16H10ClNO3/c17-13(9-10-5-7-11(19)8-6-10)15-18-14-4-2-1-3-12(14)16(20)21-15/h1-9,19H/b13-9-. The van der Waals surface area contributed by atoms with Gasteiger partial charge in [-0.3, -0.25) is 0 Å². The molecule has 2 aromatic carbocycles. The quantitative estimate of drug-likeness (QED) is 0.785. The van der Waals surface area contributed by atoms with Crippen molar-refractivity contribution in [1.29, 1.82) is 0 Å². The van der Waals surface area contributed by atoms with E-state index in [2.05, 4.69) is 4.98 Å². The maximum Gasteiger partial charge on any atom is 0.347 e. The van der Waals surface area contributed by atoms with E-state index in [1.807, 2.05) is 0 Å². The highest BCUT2D eigenvalue weighted by Crippen LogP contribution is 2.22. The van der Waals surface area contributed by atoms with Crippen LogP contribution in [-0.2, 0) is 0 Å². The summed E-state index contributed by atoms with van der Waals surface area (Å²) in [4.78, 5) is 16.1. The maximum atomic E-state index is 11.9. The van der Waals surface area contributed by atoms with Gasteiger partial charge in [0.05, 0.1) is 10.9 Å². The zero-order valence-electron chi connectivity index (χ0n) is 10.8. The molecule has 0 saturated heterocycles. The van der Waals surface area contributed by atoms with E-state index in [-0.39, 0.29) is 16.7 Å². The van der Waals surface area contributed by atoms with Gasteiger partial charge < -0.3 is 9.52 Å². The summed E-state index contributed by atoms with van der Waals surface area (Å²) in [5, 5.41) is 9.86. The largest absolute Gasteiger partial charge is 0.508 e. The Morgan fingerprint density at radius 1 is 1.14 bits per heavy atom. The number of nitrogens with zero attached hydrogens (tertiary/aromatic N) is 1. The van der Waals surface area contributed by atoms with Crippen molar-refractivity contribution in [3.8, 4) is 5.75 Å². The second-order valence-electron chi connectivity index (χ2n) is 4.41. The lowest BCUT2D eigenvalue weighted by Gasteiger charge is -2.00. The first-order chi connectivity index (χ1) is 10.1. The molecule has 0 aliphatic rings. The number of aromatic hydroxyl groups is 1. The van der Waals surface area contributed by atoms with Gasteiger partial charge >= 0.3 is 5.63 Å². The molecule has 1 aromatic heterocycles. The number of para-hydroxylation sites is 1. The third-order valence-corrected chi connectivity index (χ3v) is 3.20. The summed E-state index contributed by atoms with van der Waals surface area (Å²) in [5.74, 6) is 0.229. The lowest BCUT2D eigenvalue weighted by molar-refractivity contribution is 0.475. The molecular formula is C16H10ClNO3. The highest BCUT2D eigenvalue weighted by Gasteiger charge is 2.08. The topological polar surface area (TPSA) is 63.3 Å². The van der Waals surface area contributed by atoms with Crippen molar-refractivity contribution < 1.29 is 9.52 Å². The van der Waals surface area contributed by atoms with Crippen LogP contribution < -0.4 is 5.63 Å².